The monoisotopic (exact) mass is 304 g/mol. The number of thioether (sulfide) groups is 1. The van der Waals surface area contributed by atoms with Crippen molar-refractivity contribution in [1.29, 1.82) is 5.26 Å². The lowest BCUT2D eigenvalue weighted by molar-refractivity contribution is 0.566. The Hall–Kier alpha value is -1.93. The summed E-state index contributed by atoms with van der Waals surface area (Å²) >= 11 is 1.18. The van der Waals surface area contributed by atoms with Crippen molar-refractivity contribution in [2.45, 2.75) is 31.0 Å². The molecule has 0 aliphatic carbocycles. The van der Waals surface area contributed by atoms with Gasteiger partial charge in [-0.15, -0.1) is 11.8 Å². The molecule has 5 heteroatoms. The zero-order valence-corrected chi connectivity index (χ0v) is 12.6. The molecule has 2 nitrogen and oxygen atoms in total. The molecule has 0 radical (unpaired) electrons. The summed E-state index contributed by atoms with van der Waals surface area (Å²) in [5, 5.41) is 9.68. The normalized spacial score (nSPS) is 10.4. The number of hydrogen-bond acceptors (Lipinski definition) is 3. The molecule has 0 saturated carbocycles. The molecule has 0 N–H and O–H groups in total. The molecular formula is C16H14F2N2S. The van der Waals surface area contributed by atoms with Crippen LogP contribution in [0.5, 0.6) is 0 Å². The molecular weight excluding hydrogens is 290 g/mol. The van der Waals surface area contributed by atoms with Gasteiger partial charge in [-0.2, -0.15) is 5.26 Å². The smallest absolute Gasteiger partial charge is 0.130 e. The van der Waals surface area contributed by atoms with Crippen molar-refractivity contribution in [3.05, 3.63) is 58.3 Å². The molecule has 0 aliphatic rings. The standard InChI is InChI=1S/C16H14F2N2S/c1-3-15-10(2)7-11(8-19)16(20-15)21-9-12-13(17)5-4-6-14(12)18/h4-7H,3,9H2,1-2H3. The third-order valence-corrected chi connectivity index (χ3v) is 4.17. The molecule has 0 aliphatic heterocycles. The minimum Gasteiger partial charge on any atom is -0.245 e. The van der Waals surface area contributed by atoms with Crippen LogP contribution in [-0.4, -0.2) is 4.98 Å². The Labute approximate surface area is 126 Å². The van der Waals surface area contributed by atoms with Gasteiger partial charge in [-0.1, -0.05) is 13.0 Å². The first-order chi connectivity index (χ1) is 10.1. The van der Waals surface area contributed by atoms with E-state index in [0.717, 1.165) is 17.7 Å². The maximum atomic E-state index is 13.6. The number of halogens is 2. The van der Waals surface area contributed by atoms with Gasteiger partial charge in [0.2, 0.25) is 0 Å². The molecule has 21 heavy (non-hydrogen) atoms. The second kappa shape index (κ2) is 6.68. The Kier molecular flexibility index (Phi) is 4.92. The summed E-state index contributed by atoms with van der Waals surface area (Å²) in [5.41, 5.74) is 2.29. The predicted molar refractivity (Wildman–Crippen MR) is 79.0 cm³/mol. The van der Waals surface area contributed by atoms with E-state index >= 15 is 0 Å². The van der Waals surface area contributed by atoms with Crippen molar-refractivity contribution in [1.82, 2.24) is 4.98 Å². The van der Waals surface area contributed by atoms with Crippen molar-refractivity contribution in [3.8, 4) is 6.07 Å². The Morgan fingerprint density at radius 1 is 1.29 bits per heavy atom. The van der Waals surface area contributed by atoms with Crippen LogP contribution in [0.1, 0.15) is 29.3 Å². The van der Waals surface area contributed by atoms with Gasteiger partial charge < -0.3 is 0 Å². The van der Waals surface area contributed by atoms with Crippen molar-refractivity contribution in [3.63, 3.8) is 0 Å². The Bertz CT molecular complexity index is 688. The molecule has 2 aromatic rings. The molecule has 0 atom stereocenters. The highest BCUT2D eigenvalue weighted by Crippen LogP contribution is 2.28. The summed E-state index contributed by atoms with van der Waals surface area (Å²) in [6.07, 6.45) is 0.749. The quantitative estimate of drug-likeness (QED) is 0.786. The van der Waals surface area contributed by atoms with Gasteiger partial charge in [-0.25, -0.2) is 13.8 Å². The zero-order valence-electron chi connectivity index (χ0n) is 11.8. The van der Waals surface area contributed by atoms with Gasteiger partial charge in [0.05, 0.1) is 5.56 Å². The third-order valence-electron chi connectivity index (χ3n) is 3.15. The molecule has 0 spiro atoms. The summed E-state index contributed by atoms with van der Waals surface area (Å²) in [6.45, 7) is 3.88. The molecule has 0 amide bonds. The van der Waals surface area contributed by atoms with Crippen molar-refractivity contribution in [2.75, 3.05) is 0 Å². The first-order valence-corrected chi connectivity index (χ1v) is 7.51. The maximum absolute atomic E-state index is 13.6. The predicted octanol–water partition coefficient (Wildman–Crippen LogP) is 4.39. The van der Waals surface area contributed by atoms with E-state index in [-0.39, 0.29) is 11.3 Å². The van der Waals surface area contributed by atoms with Crippen LogP contribution < -0.4 is 0 Å². The first-order valence-electron chi connectivity index (χ1n) is 6.53. The second-order valence-corrected chi connectivity index (χ2v) is 5.52. The highest BCUT2D eigenvalue weighted by atomic mass is 32.2. The van der Waals surface area contributed by atoms with Gasteiger partial charge in [0.1, 0.15) is 22.7 Å². The van der Waals surface area contributed by atoms with Gasteiger partial charge in [-0.3, -0.25) is 0 Å². The van der Waals surface area contributed by atoms with E-state index in [1.54, 1.807) is 6.07 Å². The van der Waals surface area contributed by atoms with E-state index in [1.165, 1.54) is 30.0 Å². The Balaban J connectivity index is 2.30. The van der Waals surface area contributed by atoms with E-state index < -0.39 is 11.6 Å². The zero-order chi connectivity index (χ0) is 15.4. The molecule has 0 unspecified atom stereocenters. The topological polar surface area (TPSA) is 36.7 Å². The average molecular weight is 304 g/mol. The van der Waals surface area contributed by atoms with Crippen LogP contribution in [0.4, 0.5) is 8.78 Å². The molecule has 0 fully saturated rings. The number of rotatable bonds is 4. The molecule has 1 aromatic heterocycles. The SMILES string of the molecule is CCc1nc(SCc2c(F)cccc2F)c(C#N)cc1C. The van der Waals surface area contributed by atoms with Crippen LogP contribution in [-0.2, 0) is 12.2 Å². The lowest BCUT2D eigenvalue weighted by atomic mass is 10.1. The van der Waals surface area contributed by atoms with Crippen LogP contribution in [0.25, 0.3) is 0 Å². The Morgan fingerprint density at radius 3 is 2.52 bits per heavy atom. The van der Waals surface area contributed by atoms with E-state index in [0.29, 0.717) is 10.6 Å². The molecule has 108 valence electrons. The van der Waals surface area contributed by atoms with Gasteiger partial charge in [0.25, 0.3) is 0 Å². The molecule has 2 rings (SSSR count). The molecule has 1 heterocycles. The molecule has 0 bridgehead atoms. The van der Waals surface area contributed by atoms with Crippen LogP contribution in [0, 0.1) is 29.9 Å². The minimum absolute atomic E-state index is 0.00631. The summed E-state index contributed by atoms with van der Waals surface area (Å²) < 4.78 is 27.2. The summed E-state index contributed by atoms with van der Waals surface area (Å²) in [7, 11) is 0. The lowest BCUT2D eigenvalue weighted by Gasteiger charge is -2.09. The number of benzene rings is 1. The molecule has 1 aromatic carbocycles. The van der Waals surface area contributed by atoms with E-state index in [2.05, 4.69) is 11.1 Å². The van der Waals surface area contributed by atoms with Crippen LogP contribution in [0.15, 0.2) is 29.3 Å². The largest absolute Gasteiger partial charge is 0.245 e. The van der Waals surface area contributed by atoms with Gasteiger partial charge in [-0.05, 0) is 37.1 Å². The fourth-order valence-corrected chi connectivity index (χ4v) is 2.98. The number of nitriles is 1. The van der Waals surface area contributed by atoms with Crippen molar-refractivity contribution >= 4 is 11.8 Å². The maximum Gasteiger partial charge on any atom is 0.130 e. The highest BCUT2D eigenvalue weighted by molar-refractivity contribution is 7.98. The second-order valence-electron chi connectivity index (χ2n) is 4.56. The fourth-order valence-electron chi connectivity index (χ4n) is 1.99. The number of nitrogens with zero attached hydrogens (tertiary/aromatic N) is 2. The van der Waals surface area contributed by atoms with Crippen LogP contribution >= 0.6 is 11.8 Å². The van der Waals surface area contributed by atoms with E-state index in [4.69, 9.17) is 5.26 Å². The van der Waals surface area contributed by atoms with Crippen LogP contribution in [0.2, 0.25) is 0 Å². The lowest BCUT2D eigenvalue weighted by Crippen LogP contribution is -1.99. The van der Waals surface area contributed by atoms with E-state index in [9.17, 15) is 8.78 Å². The van der Waals surface area contributed by atoms with Crippen molar-refractivity contribution < 1.29 is 8.78 Å². The van der Waals surface area contributed by atoms with Gasteiger partial charge >= 0.3 is 0 Å². The first kappa shape index (κ1) is 15.5. The number of aromatic nitrogens is 1. The van der Waals surface area contributed by atoms with Gasteiger partial charge in [0.15, 0.2) is 0 Å². The highest BCUT2D eigenvalue weighted by Gasteiger charge is 2.13. The average Bonchev–Trinajstić information content (AvgIpc) is 2.47. The summed E-state index contributed by atoms with van der Waals surface area (Å²) in [5.74, 6) is -1.06. The third kappa shape index (κ3) is 3.40. The minimum atomic E-state index is -0.580. The molecule has 0 saturated heterocycles. The number of pyridine rings is 1. The Morgan fingerprint density at radius 2 is 1.95 bits per heavy atom. The van der Waals surface area contributed by atoms with E-state index in [1.807, 2.05) is 13.8 Å². The fraction of sp³-hybridized carbons (Fsp3) is 0.250. The van der Waals surface area contributed by atoms with Gasteiger partial charge in [0, 0.05) is 17.0 Å². The summed E-state index contributed by atoms with van der Waals surface area (Å²) in [6, 6.07) is 7.64. The number of hydrogen-bond donors (Lipinski definition) is 0. The van der Waals surface area contributed by atoms with Crippen LogP contribution in [0.3, 0.4) is 0 Å². The van der Waals surface area contributed by atoms with Crippen molar-refractivity contribution in [2.24, 2.45) is 0 Å². The number of aryl methyl sites for hydroxylation is 2. The summed E-state index contributed by atoms with van der Waals surface area (Å²) in [4.78, 5) is 4.43.